The molecule has 0 saturated heterocycles. The minimum atomic E-state index is -0.270. The third kappa shape index (κ3) is 6.96. The number of benzene rings is 1. The third-order valence-electron chi connectivity index (χ3n) is 4.30. The van der Waals surface area contributed by atoms with Gasteiger partial charge < -0.3 is 19.5 Å². The quantitative estimate of drug-likeness (QED) is 0.333. The molecule has 0 aliphatic rings. The second-order valence-electron chi connectivity index (χ2n) is 6.56. The summed E-state index contributed by atoms with van der Waals surface area (Å²) < 4.78 is 23.9. The molecule has 0 aliphatic carbocycles. The molecular formula is C20H30FIN4O2. The van der Waals surface area contributed by atoms with Crippen LogP contribution in [0.2, 0.25) is 0 Å². The van der Waals surface area contributed by atoms with E-state index in [1.807, 2.05) is 32.7 Å². The lowest BCUT2D eigenvalue weighted by Gasteiger charge is -2.22. The van der Waals surface area contributed by atoms with Crippen LogP contribution < -0.4 is 10.1 Å². The Balaban J connectivity index is 0.00000392. The zero-order valence-electron chi connectivity index (χ0n) is 17.2. The van der Waals surface area contributed by atoms with Crippen molar-refractivity contribution in [2.45, 2.75) is 33.6 Å². The molecule has 0 radical (unpaired) electrons. The van der Waals surface area contributed by atoms with Gasteiger partial charge in [0.1, 0.15) is 23.9 Å². The highest BCUT2D eigenvalue weighted by Crippen LogP contribution is 2.23. The third-order valence-corrected chi connectivity index (χ3v) is 4.30. The molecule has 2 rings (SSSR count). The van der Waals surface area contributed by atoms with Gasteiger partial charge in [-0.1, -0.05) is 12.1 Å². The summed E-state index contributed by atoms with van der Waals surface area (Å²) in [6.45, 7) is 10.6. The summed E-state index contributed by atoms with van der Waals surface area (Å²) >= 11 is 0. The predicted octanol–water partition coefficient (Wildman–Crippen LogP) is 4.13. The van der Waals surface area contributed by atoms with Crippen LogP contribution >= 0.6 is 24.0 Å². The van der Waals surface area contributed by atoms with Crippen molar-refractivity contribution in [3.63, 3.8) is 0 Å². The van der Waals surface area contributed by atoms with Crippen LogP contribution in [-0.2, 0) is 0 Å². The fourth-order valence-corrected chi connectivity index (χ4v) is 2.92. The first kappa shape index (κ1) is 24.2. The van der Waals surface area contributed by atoms with Crippen molar-refractivity contribution in [2.24, 2.45) is 4.99 Å². The zero-order chi connectivity index (χ0) is 19.8. The number of aryl methyl sites for hydroxylation is 2. The van der Waals surface area contributed by atoms with Gasteiger partial charge in [0.2, 0.25) is 0 Å². The molecule has 156 valence electrons. The van der Waals surface area contributed by atoms with Crippen molar-refractivity contribution in [2.75, 3.05) is 33.3 Å². The van der Waals surface area contributed by atoms with Crippen molar-refractivity contribution < 1.29 is 13.7 Å². The smallest absolute Gasteiger partial charge is 0.193 e. The van der Waals surface area contributed by atoms with Crippen LogP contribution in [0.25, 0.3) is 0 Å². The highest BCUT2D eigenvalue weighted by atomic mass is 127. The maximum atomic E-state index is 12.9. The summed E-state index contributed by atoms with van der Waals surface area (Å²) in [5, 5.41) is 7.32. The van der Waals surface area contributed by atoms with Crippen molar-refractivity contribution in [1.82, 2.24) is 15.4 Å². The van der Waals surface area contributed by atoms with Gasteiger partial charge in [0.05, 0.1) is 12.2 Å². The Labute approximate surface area is 183 Å². The maximum absolute atomic E-state index is 12.9. The topological polar surface area (TPSA) is 62.9 Å². The Morgan fingerprint density at radius 3 is 2.57 bits per heavy atom. The minimum Gasteiger partial charge on any atom is -0.492 e. The fourth-order valence-electron chi connectivity index (χ4n) is 2.92. The summed E-state index contributed by atoms with van der Waals surface area (Å²) in [5.74, 6) is 2.26. The van der Waals surface area contributed by atoms with E-state index in [-0.39, 0.29) is 35.7 Å². The molecule has 1 unspecified atom stereocenters. The summed E-state index contributed by atoms with van der Waals surface area (Å²) in [5.41, 5.74) is 2.04. The minimum absolute atomic E-state index is 0. The zero-order valence-corrected chi connectivity index (χ0v) is 19.5. The monoisotopic (exact) mass is 504 g/mol. The Kier molecular flexibility index (Phi) is 10.3. The molecule has 0 spiro atoms. The van der Waals surface area contributed by atoms with E-state index in [9.17, 15) is 4.39 Å². The number of halogens is 2. The predicted molar refractivity (Wildman–Crippen MR) is 120 cm³/mol. The molecule has 1 aromatic carbocycles. The molecule has 0 bridgehead atoms. The van der Waals surface area contributed by atoms with Crippen molar-refractivity contribution >= 4 is 29.9 Å². The largest absolute Gasteiger partial charge is 0.492 e. The van der Waals surface area contributed by atoms with Gasteiger partial charge >= 0.3 is 0 Å². The Bertz CT molecular complexity index is 730. The van der Waals surface area contributed by atoms with E-state index < -0.39 is 0 Å². The molecule has 8 heteroatoms. The molecular weight excluding hydrogens is 474 g/mol. The highest BCUT2D eigenvalue weighted by Gasteiger charge is 2.16. The number of ether oxygens (including phenoxy) is 1. The summed E-state index contributed by atoms with van der Waals surface area (Å²) in [6, 6.07) is 6.03. The fraction of sp³-hybridized carbons (Fsp3) is 0.500. The molecule has 6 nitrogen and oxygen atoms in total. The van der Waals surface area contributed by atoms with Gasteiger partial charge in [0.15, 0.2) is 5.96 Å². The molecule has 0 fully saturated rings. The van der Waals surface area contributed by atoms with Crippen molar-refractivity contribution in [3.8, 4) is 5.75 Å². The lowest BCUT2D eigenvalue weighted by atomic mass is 10.00. The number of nitrogens with one attached hydrogen (secondary N) is 1. The van der Waals surface area contributed by atoms with Gasteiger partial charge in [-0.25, -0.2) is 4.39 Å². The van der Waals surface area contributed by atoms with Gasteiger partial charge in [-0.15, -0.1) is 24.0 Å². The first-order chi connectivity index (χ1) is 12.9. The number of nitrogens with zero attached hydrogens (tertiary/aromatic N) is 3. The molecule has 1 N–H and O–H groups in total. The van der Waals surface area contributed by atoms with Crippen molar-refractivity contribution in [3.05, 3.63) is 47.1 Å². The Morgan fingerprint density at radius 1 is 1.32 bits per heavy atom. The van der Waals surface area contributed by atoms with Crippen molar-refractivity contribution in [1.29, 1.82) is 0 Å². The van der Waals surface area contributed by atoms with E-state index in [4.69, 9.17) is 14.3 Å². The van der Waals surface area contributed by atoms with Crippen LogP contribution in [0.15, 0.2) is 33.8 Å². The highest BCUT2D eigenvalue weighted by molar-refractivity contribution is 14.0. The van der Waals surface area contributed by atoms with Crippen LogP contribution in [0, 0.1) is 19.7 Å². The SMILES string of the molecule is CCNC(=NCC(C)c1c(C)noc1C)N(C)CCOc1ccc(F)cc1.I. The van der Waals surface area contributed by atoms with Gasteiger partial charge in [0.25, 0.3) is 0 Å². The summed E-state index contributed by atoms with van der Waals surface area (Å²) in [7, 11) is 1.97. The van der Waals surface area contributed by atoms with Gasteiger partial charge in [-0.2, -0.15) is 0 Å². The molecule has 2 aromatic rings. The number of hydrogen-bond donors (Lipinski definition) is 1. The number of likely N-dealkylation sites (N-methyl/N-ethyl adjacent to an activating group) is 1. The molecule has 1 aromatic heterocycles. The average molecular weight is 504 g/mol. The van der Waals surface area contributed by atoms with Crippen LogP contribution in [0.5, 0.6) is 5.75 Å². The molecule has 0 aliphatic heterocycles. The van der Waals surface area contributed by atoms with E-state index in [1.165, 1.54) is 12.1 Å². The van der Waals surface area contributed by atoms with Crippen LogP contribution in [-0.4, -0.2) is 49.3 Å². The Morgan fingerprint density at radius 2 is 2.00 bits per heavy atom. The lowest BCUT2D eigenvalue weighted by molar-refractivity contribution is 0.281. The average Bonchev–Trinajstić information content (AvgIpc) is 2.98. The summed E-state index contributed by atoms with van der Waals surface area (Å²) in [6.07, 6.45) is 0. The lowest BCUT2D eigenvalue weighted by Crippen LogP contribution is -2.41. The number of hydrogen-bond acceptors (Lipinski definition) is 4. The first-order valence-electron chi connectivity index (χ1n) is 9.23. The number of guanidine groups is 1. The molecule has 0 saturated carbocycles. The Hall–Kier alpha value is -1.84. The van der Waals surface area contributed by atoms with Gasteiger partial charge in [-0.3, -0.25) is 4.99 Å². The van der Waals surface area contributed by atoms with E-state index in [0.29, 0.717) is 25.4 Å². The van der Waals surface area contributed by atoms with Crippen LogP contribution in [0.3, 0.4) is 0 Å². The van der Waals surface area contributed by atoms with Crippen LogP contribution in [0.4, 0.5) is 4.39 Å². The maximum Gasteiger partial charge on any atom is 0.193 e. The number of aliphatic imine (C=N–C) groups is 1. The van der Waals surface area contributed by atoms with E-state index >= 15 is 0 Å². The standard InChI is InChI=1S/C20H29FN4O2.HI/c1-6-22-20(23-13-14(2)19-15(3)24-27-16(19)4)25(5)11-12-26-18-9-7-17(21)8-10-18;/h7-10,14H,6,11-13H2,1-5H3,(H,22,23);1H. The van der Waals surface area contributed by atoms with E-state index in [1.54, 1.807) is 12.1 Å². The second-order valence-corrected chi connectivity index (χ2v) is 6.56. The van der Waals surface area contributed by atoms with E-state index in [0.717, 1.165) is 29.5 Å². The summed E-state index contributed by atoms with van der Waals surface area (Å²) in [4.78, 5) is 6.77. The molecule has 0 amide bonds. The number of rotatable bonds is 8. The van der Waals surface area contributed by atoms with Gasteiger partial charge in [-0.05, 0) is 45.0 Å². The first-order valence-corrected chi connectivity index (χ1v) is 9.23. The molecule has 1 heterocycles. The van der Waals surface area contributed by atoms with Gasteiger partial charge in [0, 0.05) is 31.6 Å². The molecule has 1 atom stereocenters. The normalized spacial score (nSPS) is 12.3. The van der Waals surface area contributed by atoms with Crippen LogP contribution in [0.1, 0.15) is 36.8 Å². The molecule has 28 heavy (non-hydrogen) atoms. The second kappa shape index (κ2) is 11.9. The van der Waals surface area contributed by atoms with E-state index in [2.05, 4.69) is 17.4 Å². The number of aromatic nitrogens is 1.